The molecule has 11 aromatic rings. The Bertz CT molecular complexity index is 3340. The fourth-order valence-corrected chi connectivity index (χ4v) is 9.19. The van der Waals surface area contributed by atoms with Crippen LogP contribution in [0.1, 0.15) is 0 Å². The maximum absolute atomic E-state index is 5.41. The van der Waals surface area contributed by atoms with Gasteiger partial charge >= 0.3 is 0 Å². The van der Waals surface area contributed by atoms with Crippen molar-refractivity contribution in [3.8, 4) is 61.8 Å². The van der Waals surface area contributed by atoms with Gasteiger partial charge in [-0.05, 0) is 106 Å². The molecule has 5 nitrogen and oxygen atoms in total. The van der Waals surface area contributed by atoms with E-state index in [1.165, 1.54) is 38.6 Å². The molecule has 0 fully saturated rings. The van der Waals surface area contributed by atoms with Gasteiger partial charge in [0.2, 0.25) is 0 Å². The van der Waals surface area contributed by atoms with Crippen LogP contribution in [0, 0.1) is 0 Å². The molecule has 0 spiro atoms. The van der Waals surface area contributed by atoms with Crippen LogP contribution in [0.2, 0.25) is 0 Å². The first kappa shape index (κ1) is 33.9. The molecule has 0 saturated carbocycles. The maximum Gasteiger partial charge on any atom is 0.139 e. The van der Waals surface area contributed by atoms with E-state index in [0.717, 1.165) is 72.9 Å². The Balaban J connectivity index is 1.21. The molecule has 0 unspecified atom stereocenters. The molecule has 60 heavy (non-hydrogen) atoms. The monoisotopic (exact) mass is 765 g/mol. The second-order valence-electron chi connectivity index (χ2n) is 15.2. The van der Waals surface area contributed by atoms with Gasteiger partial charge in [-0.2, -0.15) is 0 Å². The maximum atomic E-state index is 5.41. The molecule has 1 aliphatic rings. The van der Waals surface area contributed by atoms with Crippen molar-refractivity contribution in [2.45, 2.75) is 0 Å². The fourth-order valence-electron chi connectivity index (χ4n) is 9.19. The number of hydrogen-bond donors (Lipinski definition) is 0. The van der Waals surface area contributed by atoms with E-state index in [2.05, 4.69) is 179 Å². The molecule has 12 rings (SSSR count). The molecule has 0 radical (unpaired) electrons. The lowest BCUT2D eigenvalue weighted by Gasteiger charge is -2.34. The summed E-state index contributed by atoms with van der Waals surface area (Å²) >= 11 is 0. The average molecular weight is 766 g/mol. The Morgan fingerprint density at radius 2 is 1.03 bits per heavy atom. The quantitative estimate of drug-likeness (QED) is 0.169. The van der Waals surface area contributed by atoms with Crippen molar-refractivity contribution in [2.75, 3.05) is 4.90 Å². The van der Waals surface area contributed by atoms with E-state index in [0.29, 0.717) is 0 Å². The predicted octanol–water partition coefficient (Wildman–Crippen LogP) is 14.2. The molecule has 280 valence electrons. The summed E-state index contributed by atoms with van der Waals surface area (Å²) in [7, 11) is 0. The van der Waals surface area contributed by atoms with Crippen LogP contribution < -0.4 is 4.90 Å². The Hall–Kier alpha value is -8.15. The number of aromatic nitrogens is 4. The molecular weight excluding hydrogens is 731 g/mol. The number of benzene rings is 7. The number of para-hydroxylation sites is 1. The largest absolute Gasteiger partial charge is 0.309 e. The van der Waals surface area contributed by atoms with Crippen LogP contribution in [0.3, 0.4) is 0 Å². The third-order valence-electron chi connectivity index (χ3n) is 11.8. The lowest BCUT2D eigenvalue weighted by atomic mass is 9.86. The Labute approximate surface area is 347 Å². The van der Waals surface area contributed by atoms with Crippen molar-refractivity contribution in [3.05, 3.63) is 213 Å². The van der Waals surface area contributed by atoms with Crippen LogP contribution in [-0.2, 0) is 0 Å². The topological polar surface area (TPSA) is 46.8 Å². The minimum atomic E-state index is 0.781. The molecule has 0 saturated heterocycles. The molecule has 0 amide bonds. The van der Waals surface area contributed by atoms with Crippen LogP contribution in [0.4, 0.5) is 17.1 Å². The van der Waals surface area contributed by atoms with Crippen LogP contribution >= 0.6 is 0 Å². The Morgan fingerprint density at radius 1 is 0.367 bits per heavy atom. The van der Waals surface area contributed by atoms with Gasteiger partial charge in [0.05, 0.1) is 39.5 Å². The fraction of sp³-hybridized carbons (Fsp3) is 0. The van der Waals surface area contributed by atoms with Crippen molar-refractivity contribution >= 4 is 49.6 Å². The lowest BCUT2D eigenvalue weighted by molar-refractivity contribution is 1.08. The molecule has 5 heterocycles. The van der Waals surface area contributed by atoms with E-state index in [1.807, 2.05) is 42.7 Å². The molecule has 5 heteroatoms. The van der Waals surface area contributed by atoms with E-state index >= 15 is 0 Å². The third kappa shape index (κ3) is 5.37. The summed E-state index contributed by atoms with van der Waals surface area (Å²) < 4.78 is 2.33. The van der Waals surface area contributed by atoms with Gasteiger partial charge in [-0.15, -0.1) is 0 Å². The van der Waals surface area contributed by atoms with Gasteiger partial charge in [0, 0.05) is 45.4 Å². The van der Waals surface area contributed by atoms with Crippen LogP contribution in [0.15, 0.2) is 213 Å². The molecule has 0 aliphatic carbocycles. The lowest BCUT2D eigenvalue weighted by Crippen LogP contribution is -2.15. The minimum absolute atomic E-state index is 0.781. The summed E-state index contributed by atoms with van der Waals surface area (Å²) in [6.45, 7) is 0. The first-order valence-electron chi connectivity index (χ1n) is 20.3. The van der Waals surface area contributed by atoms with Crippen molar-refractivity contribution in [2.24, 2.45) is 0 Å². The Morgan fingerprint density at radius 3 is 1.78 bits per heavy atom. The molecular formula is C55H35N5. The highest BCUT2D eigenvalue weighted by Crippen LogP contribution is 2.56. The second-order valence-corrected chi connectivity index (χ2v) is 15.2. The first-order valence-corrected chi connectivity index (χ1v) is 20.3. The van der Waals surface area contributed by atoms with Gasteiger partial charge < -0.3 is 4.90 Å². The van der Waals surface area contributed by atoms with Crippen LogP contribution in [0.5, 0.6) is 0 Å². The summed E-state index contributed by atoms with van der Waals surface area (Å²) in [5.74, 6) is 0.795. The zero-order valence-electron chi connectivity index (χ0n) is 32.4. The van der Waals surface area contributed by atoms with Crippen molar-refractivity contribution in [1.29, 1.82) is 0 Å². The van der Waals surface area contributed by atoms with Crippen molar-refractivity contribution < 1.29 is 0 Å². The summed E-state index contributed by atoms with van der Waals surface area (Å²) in [5.41, 5.74) is 16.1. The number of fused-ring (bicyclic) bond motifs is 6. The number of anilines is 3. The van der Waals surface area contributed by atoms with E-state index in [9.17, 15) is 0 Å². The SMILES string of the molecule is c1ccc(-c2ccc3c(c2)c2c4c(ccc2n3-c2cc(-c3ccccn3)cc(-c3ccccn3)n2)-c2ccc(-c3ccccc3)c3cccc(c23)N4c2ccccc2)cc1. The minimum Gasteiger partial charge on any atom is -0.309 e. The molecule has 0 bridgehead atoms. The van der Waals surface area contributed by atoms with Gasteiger partial charge in [0.1, 0.15) is 5.82 Å². The molecule has 7 aromatic carbocycles. The van der Waals surface area contributed by atoms with Gasteiger partial charge in [0.25, 0.3) is 0 Å². The first-order chi connectivity index (χ1) is 29.8. The smallest absolute Gasteiger partial charge is 0.139 e. The molecule has 1 aliphatic heterocycles. The molecule has 4 aromatic heterocycles. The van der Waals surface area contributed by atoms with Crippen LogP contribution in [-0.4, -0.2) is 19.5 Å². The predicted molar refractivity (Wildman–Crippen MR) is 247 cm³/mol. The molecule has 0 N–H and O–H groups in total. The standard InChI is InChI=1S/C55H35N5/c1-4-15-36(16-5-1)38-25-29-49-45(33-38)54-51(60(49)52-35-39(46-22-10-12-31-56-46)34-48(58-52)47-23-11-13-32-57-47)30-28-44-43-27-26-41(37-17-6-2-7-18-37)42-21-14-24-50(53(42)43)59(55(44)54)40-19-8-3-9-20-40/h1-35H. The number of rotatable bonds is 6. The normalized spacial score (nSPS) is 12.0. The highest BCUT2D eigenvalue weighted by atomic mass is 15.2. The zero-order chi connectivity index (χ0) is 39.6. The van der Waals surface area contributed by atoms with Gasteiger partial charge in [-0.1, -0.05) is 127 Å². The van der Waals surface area contributed by atoms with Gasteiger partial charge in [0.15, 0.2) is 0 Å². The Kier molecular flexibility index (Phi) is 7.78. The number of pyridine rings is 3. The van der Waals surface area contributed by atoms with E-state index in [-0.39, 0.29) is 0 Å². The summed E-state index contributed by atoms with van der Waals surface area (Å²) in [4.78, 5) is 17.4. The number of nitrogens with zero attached hydrogens (tertiary/aromatic N) is 5. The summed E-state index contributed by atoms with van der Waals surface area (Å²) in [6, 6.07) is 71.3. The van der Waals surface area contributed by atoms with E-state index in [1.54, 1.807) is 0 Å². The van der Waals surface area contributed by atoms with Crippen LogP contribution in [0.25, 0.3) is 94.4 Å². The summed E-state index contributed by atoms with van der Waals surface area (Å²) in [5, 5.41) is 4.77. The van der Waals surface area contributed by atoms with Crippen molar-refractivity contribution in [1.82, 2.24) is 19.5 Å². The van der Waals surface area contributed by atoms with E-state index < -0.39 is 0 Å². The zero-order valence-corrected chi connectivity index (χ0v) is 32.4. The third-order valence-corrected chi connectivity index (χ3v) is 11.8. The number of hydrogen-bond acceptors (Lipinski definition) is 4. The second kappa shape index (κ2) is 13.8. The van der Waals surface area contributed by atoms with E-state index in [4.69, 9.17) is 15.0 Å². The highest BCUT2D eigenvalue weighted by Gasteiger charge is 2.31. The van der Waals surface area contributed by atoms with Gasteiger partial charge in [-0.3, -0.25) is 14.5 Å². The highest BCUT2D eigenvalue weighted by molar-refractivity contribution is 6.26. The average Bonchev–Trinajstić information content (AvgIpc) is 3.67. The van der Waals surface area contributed by atoms with Crippen molar-refractivity contribution in [3.63, 3.8) is 0 Å². The molecule has 0 atom stereocenters. The van der Waals surface area contributed by atoms with Gasteiger partial charge in [-0.25, -0.2) is 4.98 Å². The summed E-state index contributed by atoms with van der Waals surface area (Å²) in [6.07, 6.45) is 3.66.